The third kappa shape index (κ3) is 3.87. The van der Waals surface area contributed by atoms with Crippen LogP contribution in [0.4, 0.5) is 5.69 Å². The summed E-state index contributed by atoms with van der Waals surface area (Å²) >= 11 is 0. The van der Waals surface area contributed by atoms with Gasteiger partial charge in [-0.3, -0.25) is 19.7 Å². The summed E-state index contributed by atoms with van der Waals surface area (Å²) in [6, 6.07) is 11.1. The molecule has 2 aromatic carbocycles. The first kappa shape index (κ1) is 21.0. The van der Waals surface area contributed by atoms with Gasteiger partial charge in [-0.05, 0) is 17.7 Å². The Bertz CT molecular complexity index is 1030. The maximum Gasteiger partial charge on any atom is 0.295 e. The highest BCUT2D eigenvalue weighted by molar-refractivity contribution is 6.46. The molecule has 0 aromatic heterocycles. The average Bonchev–Trinajstić information content (AvgIpc) is 3.02. The van der Waals surface area contributed by atoms with Crippen LogP contribution in [0, 0.1) is 10.1 Å². The smallest absolute Gasteiger partial charge is 0.295 e. The van der Waals surface area contributed by atoms with Gasteiger partial charge >= 0.3 is 0 Å². The quantitative estimate of drug-likeness (QED) is 0.244. The van der Waals surface area contributed by atoms with Gasteiger partial charge in [0.25, 0.3) is 17.4 Å². The van der Waals surface area contributed by atoms with Gasteiger partial charge < -0.3 is 19.5 Å². The lowest BCUT2D eigenvalue weighted by molar-refractivity contribution is -0.384. The molecule has 156 valence electrons. The van der Waals surface area contributed by atoms with Crippen LogP contribution in [0.2, 0.25) is 0 Å². The van der Waals surface area contributed by atoms with Crippen molar-refractivity contribution in [1.82, 2.24) is 4.90 Å². The highest BCUT2D eigenvalue weighted by atomic mass is 16.6. The summed E-state index contributed by atoms with van der Waals surface area (Å²) in [6.07, 6.45) is 0. The SMILES string of the molecule is COCCN1C(=O)C(=O)/C(=C(/O)c2cccc(OC)c2)C1c1cccc([N+](=O)[O-])c1. The zero-order valence-electron chi connectivity index (χ0n) is 16.4. The van der Waals surface area contributed by atoms with E-state index in [1.807, 2.05) is 0 Å². The van der Waals surface area contributed by atoms with Gasteiger partial charge in [0.2, 0.25) is 0 Å². The molecule has 0 radical (unpaired) electrons. The average molecular weight is 412 g/mol. The number of non-ortho nitro benzene ring substituents is 1. The number of Topliss-reactive ketones (excluding diaryl/α,β-unsaturated/α-hetero) is 1. The Labute approximate surface area is 172 Å². The monoisotopic (exact) mass is 412 g/mol. The van der Waals surface area contributed by atoms with E-state index in [0.717, 1.165) is 0 Å². The number of nitro benzene ring substituents is 1. The molecule has 1 N–H and O–H groups in total. The van der Waals surface area contributed by atoms with Crippen molar-refractivity contribution in [3.63, 3.8) is 0 Å². The van der Waals surface area contributed by atoms with Crippen LogP contribution >= 0.6 is 0 Å². The van der Waals surface area contributed by atoms with Crippen LogP contribution in [0.5, 0.6) is 5.75 Å². The highest BCUT2D eigenvalue weighted by Crippen LogP contribution is 2.40. The number of hydrogen-bond donors (Lipinski definition) is 1. The molecule has 1 fully saturated rings. The molecule has 9 heteroatoms. The molecule has 0 aliphatic carbocycles. The number of nitrogens with zero attached hydrogens (tertiary/aromatic N) is 2. The third-order valence-electron chi connectivity index (χ3n) is 4.82. The Morgan fingerprint density at radius 3 is 2.57 bits per heavy atom. The van der Waals surface area contributed by atoms with Gasteiger partial charge in [0.05, 0.1) is 30.3 Å². The van der Waals surface area contributed by atoms with Gasteiger partial charge in [-0.1, -0.05) is 24.3 Å². The summed E-state index contributed by atoms with van der Waals surface area (Å²) in [6.45, 7) is 0.223. The number of benzene rings is 2. The van der Waals surface area contributed by atoms with E-state index in [1.165, 1.54) is 43.4 Å². The molecular weight excluding hydrogens is 392 g/mol. The van der Waals surface area contributed by atoms with Gasteiger partial charge in [0, 0.05) is 31.4 Å². The Hall–Kier alpha value is -3.72. The normalized spacial score (nSPS) is 17.9. The predicted octanol–water partition coefficient (Wildman–Crippen LogP) is 2.67. The lowest BCUT2D eigenvalue weighted by atomic mass is 9.95. The fourth-order valence-electron chi connectivity index (χ4n) is 3.38. The fraction of sp³-hybridized carbons (Fsp3) is 0.238. The van der Waals surface area contributed by atoms with Gasteiger partial charge in [0.1, 0.15) is 11.5 Å². The number of ether oxygens (including phenoxy) is 2. The van der Waals surface area contributed by atoms with Gasteiger partial charge in [-0.15, -0.1) is 0 Å². The van der Waals surface area contributed by atoms with Crippen molar-refractivity contribution in [1.29, 1.82) is 0 Å². The second-order valence-electron chi connectivity index (χ2n) is 6.57. The molecule has 1 amide bonds. The molecule has 1 aliphatic heterocycles. The van der Waals surface area contributed by atoms with E-state index in [4.69, 9.17) is 9.47 Å². The van der Waals surface area contributed by atoms with Crippen molar-refractivity contribution in [2.24, 2.45) is 0 Å². The highest BCUT2D eigenvalue weighted by Gasteiger charge is 2.46. The van der Waals surface area contributed by atoms with Crippen LogP contribution in [0.15, 0.2) is 54.1 Å². The number of carbonyl (C=O) groups is 2. The number of aliphatic hydroxyl groups excluding tert-OH is 1. The number of hydrogen-bond acceptors (Lipinski definition) is 7. The molecule has 2 aromatic rings. The first-order valence-corrected chi connectivity index (χ1v) is 9.05. The van der Waals surface area contributed by atoms with E-state index in [9.17, 15) is 24.8 Å². The van der Waals surface area contributed by atoms with Crippen molar-refractivity contribution in [3.8, 4) is 5.75 Å². The number of methoxy groups -OCH3 is 2. The Morgan fingerprint density at radius 1 is 1.17 bits per heavy atom. The number of nitro groups is 1. The largest absolute Gasteiger partial charge is 0.507 e. The van der Waals surface area contributed by atoms with E-state index >= 15 is 0 Å². The summed E-state index contributed by atoms with van der Waals surface area (Å²) < 4.78 is 10.2. The lowest BCUT2D eigenvalue weighted by Crippen LogP contribution is -2.32. The number of likely N-dealkylation sites (tertiary alicyclic amines) is 1. The second-order valence-corrected chi connectivity index (χ2v) is 6.57. The van der Waals surface area contributed by atoms with E-state index < -0.39 is 22.7 Å². The van der Waals surface area contributed by atoms with Crippen LogP contribution < -0.4 is 4.74 Å². The van der Waals surface area contributed by atoms with Gasteiger partial charge in [-0.2, -0.15) is 0 Å². The molecule has 9 nitrogen and oxygen atoms in total. The summed E-state index contributed by atoms with van der Waals surface area (Å²) in [7, 11) is 2.92. The van der Waals surface area contributed by atoms with Crippen molar-refractivity contribution in [3.05, 3.63) is 75.3 Å². The van der Waals surface area contributed by atoms with Crippen molar-refractivity contribution in [2.45, 2.75) is 6.04 Å². The topological polar surface area (TPSA) is 119 Å². The van der Waals surface area contributed by atoms with E-state index in [0.29, 0.717) is 11.3 Å². The fourth-order valence-corrected chi connectivity index (χ4v) is 3.38. The predicted molar refractivity (Wildman–Crippen MR) is 107 cm³/mol. The van der Waals surface area contributed by atoms with Gasteiger partial charge in [-0.25, -0.2) is 0 Å². The number of aliphatic hydroxyl groups is 1. The molecular formula is C21H20N2O7. The second kappa shape index (κ2) is 8.75. The summed E-state index contributed by atoms with van der Waals surface area (Å²) in [5.74, 6) is -1.61. The Morgan fingerprint density at radius 2 is 1.90 bits per heavy atom. The number of carbonyl (C=O) groups excluding carboxylic acids is 2. The minimum atomic E-state index is -0.994. The number of rotatable bonds is 7. The first-order chi connectivity index (χ1) is 14.4. The van der Waals surface area contributed by atoms with Gasteiger partial charge in [0.15, 0.2) is 0 Å². The van der Waals surface area contributed by atoms with Crippen molar-refractivity contribution in [2.75, 3.05) is 27.4 Å². The minimum Gasteiger partial charge on any atom is -0.507 e. The summed E-state index contributed by atoms with van der Waals surface area (Å²) in [5, 5.41) is 22.2. The summed E-state index contributed by atoms with van der Waals surface area (Å²) in [5.41, 5.74) is 0.287. The van der Waals surface area contributed by atoms with E-state index in [2.05, 4.69) is 0 Å². The van der Waals surface area contributed by atoms with Crippen molar-refractivity contribution < 1.29 is 29.1 Å². The molecule has 3 rings (SSSR count). The van der Waals surface area contributed by atoms with Crippen LogP contribution in [0.25, 0.3) is 5.76 Å². The maximum absolute atomic E-state index is 12.8. The molecule has 0 spiro atoms. The molecule has 1 aliphatic rings. The van der Waals surface area contributed by atoms with Crippen LogP contribution in [-0.4, -0.2) is 54.0 Å². The zero-order valence-corrected chi connectivity index (χ0v) is 16.4. The Balaban J connectivity index is 2.20. The first-order valence-electron chi connectivity index (χ1n) is 9.05. The van der Waals surface area contributed by atoms with E-state index in [-0.39, 0.29) is 35.7 Å². The third-order valence-corrected chi connectivity index (χ3v) is 4.82. The molecule has 0 saturated carbocycles. The van der Waals surface area contributed by atoms with Crippen molar-refractivity contribution >= 4 is 23.1 Å². The number of amides is 1. The van der Waals surface area contributed by atoms with Crippen LogP contribution in [0.1, 0.15) is 17.2 Å². The maximum atomic E-state index is 12.8. The molecule has 1 atom stereocenters. The molecule has 1 heterocycles. The minimum absolute atomic E-state index is 0.0727. The standard InChI is InChI=1S/C21H20N2O7/c1-29-10-9-22-18(13-5-3-7-15(11-13)23(27)28)17(20(25)21(22)26)19(24)14-6-4-8-16(12-14)30-2/h3-8,11-12,18,24H,9-10H2,1-2H3/b19-17+. The molecule has 1 saturated heterocycles. The molecule has 0 bridgehead atoms. The Kier molecular flexibility index (Phi) is 6.12. The molecule has 1 unspecified atom stereocenters. The van der Waals surface area contributed by atoms with Crippen LogP contribution in [0.3, 0.4) is 0 Å². The number of ketones is 1. The lowest BCUT2D eigenvalue weighted by Gasteiger charge is -2.25. The molecule has 30 heavy (non-hydrogen) atoms. The van der Waals surface area contributed by atoms with Crippen LogP contribution in [-0.2, 0) is 14.3 Å². The zero-order chi connectivity index (χ0) is 21.8. The van der Waals surface area contributed by atoms with E-state index in [1.54, 1.807) is 24.3 Å². The summed E-state index contributed by atoms with van der Waals surface area (Å²) in [4.78, 5) is 37.4.